The van der Waals surface area contributed by atoms with Crippen LogP contribution in [0.4, 0.5) is 10.7 Å². The van der Waals surface area contributed by atoms with E-state index in [1.54, 1.807) is 11.8 Å². The molecule has 0 unspecified atom stereocenters. The Morgan fingerprint density at radius 1 is 1.29 bits per heavy atom. The third-order valence-corrected chi connectivity index (χ3v) is 4.41. The Labute approximate surface area is 166 Å². The number of amides is 1. The predicted octanol–water partition coefficient (Wildman–Crippen LogP) is 2.50. The fraction of sp³-hybridized carbons (Fsp3) is 0.684. The maximum absolute atomic E-state index is 12.2. The lowest BCUT2D eigenvalue weighted by molar-refractivity contribution is 0.0205. The van der Waals surface area contributed by atoms with Gasteiger partial charge in [0.2, 0.25) is 11.8 Å². The standard InChI is InChI=1S/C19H30N4O5/c1-7-27-16(24)14-12-20-17(21-15(14)26-6)22(5)13-8-10-23(11-9-13)18(25)28-19(2,3)4/h12-13H,7-11H2,1-6H3. The monoisotopic (exact) mass is 394 g/mol. The molecule has 1 aromatic heterocycles. The van der Waals surface area contributed by atoms with E-state index in [4.69, 9.17) is 14.2 Å². The van der Waals surface area contributed by atoms with Crippen LogP contribution in [0.15, 0.2) is 6.20 Å². The van der Waals surface area contributed by atoms with E-state index < -0.39 is 11.6 Å². The Balaban J connectivity index is 2.02. The molecule has 0 bridgehead atoms. The molecule has 0 radical (unpaired) electrons. The number of hydrogen-bond donors (Lipinski definition) is 0. The number of methoxy groups -OCH3 is 1. The zero-order chi connectivity index (χ0) is 20.9. The van der Waals surface area contributed by atoms with Crippen molar-refractivity contribution in [3.8, 4) is 5.88 Å². The van der Waals surface area contributed by atoms with Gasteiger partial charge in [0.05, 0.1) is 19.9 Å². The first kappa shape index (κ1) is 21.7. The van der Waals surface area contributed by atoms with Crippen LogP contribution in [-0.2, 0) is 9.47 Å². The van der Waals surface area contributed by atoms with Gasteiger partial charge < -0.3 is 24.0 Å². The van der Waals surface area contributed by atoms with Crippen molar-refractivity contribution in [2.24, 2.45) is 0 Å². The number of nitrogens with zero attached hydrogens (tertiary/aromatic N) is 4. The van der Waals surface area contributed by atoms with Crippen LogP contribution in [0.25, 0.3) is 0 Å². The fourth-order valence-electron chi connectivity index (χ4n) is 2.96. The summed E-state index contributed by atoms with van der Waals surface area (Å²) in [5.41, 5.74) is -0.309. The van der Waals surface area contributed by atoms with Crippen molar-refractivity contribution in [2.45, 2.75) is 52.2 Å². The highest BCUT2D eigenvalue weighted by atomic mass is 16.6. The highest BCUT2D eigenvalue weighted by Crippen LogP contribution is 2.24. The Morgan fingerprint density at radius 3 is 2.46 bits per heavy atom. The number of likely N-dealkylation sites (tertiary alicyclic amines) is 1. The van der Waals surface area contributed by atoms with Gasteiger partial charge in [-0.3, -0.25) is 0 Å². The molecule has 0 spiro atoms. The van der Waals surface area contributed by atoms with E-state index in [0.29, 0.717) is 19.0 Å². The van der Waals surface area contributed by atoms with Gasteiger partial charge >= 0.3 is 12.1 Å². The highest BCUT2D eigenvalue weighted by molar-refractivity contribution is 5.91. The predicted molar refractivity (Wildman–Crippen MR) is 104 cm³/mol. The molecule has 156 valence electrons. The van der Waals surface area contributed by atoms with Crippen molar-refractivity contribution in [2.75, 3.05) is 38.8 Å². The lowest BCUT2D eigenvalue weighted by Gasteiger charge is -2.37. The second-order valence-corrected chi connectivity index (χ2v) is 7.62. The maximum Gasteiger partial charge on any atom is 0.410 e. The van der Waals surface area contributed by atoms with Crippen molar-refractivity contribution in [1.29, 1.82) is 0 Å². The molecule has 0 aliphatic carbocycles. The van der Waals surface area contributed by atoms with Crippen LogP contribution >= 0.6 is 0 Å². The summed E-state index contributed by atoms with van der Waals surface area (Å²) in [6.45, 7) is 8.77. The average molecular weight is 394 g/mol. The van der Waals surface area contributed by atoms with Crippen molar-refractivity contribution in [1.82, 2.24) is 14.9 Å². The lowest BCUT2D eigenvalue weighted by atomic mass is 10.0. The average Bonchev–Trinajstić information content (AvgIpc) is 2.65. The fourth-order valence-corrected chi connectivity index (χ4v) is 2.96. The lowest BCUT2D eigenvalue weighted by Crippen LogP contribution is -2.47. The number of anilines is 1. The minimum atomic E-state index is -0.515. The summed E-state index contributed by atoms with van der Waals surface area (Å²) in [5, 5.41) is 0. The molecule has 9 heteroatoms. The van der Waals surface area contributed by atoms with Gasteiger partial charge in [-0.25, -0.2) is 14.6 Å². The van der Waals surface area contributed by atoms with Gasteiger partial charge in [0.25, 0.3) is 0 Å². The van der Waals surface area contributed by atoms with Gasteiger partial charge in [0.1, 0.15) is 11.2 Å². The first-order chi connectivity index (χ1) is 13.2. The largest absolute Gasteiger partial charge is 0.480 e. The molecule has 1 aliphatic heterocycles. The Morgan fingerprint density at radius 2 is 1.93 bits per heavy atom. The quantitative estimate of drug-likeness (QED) is 0.703. The smallest absolute Gasteiger partial charge is 0.410 e. The molecule has 1 saturated heterocycles. The first-order valence-electron chi connectivity index (χ1n) is 9.45. The molecule has 28 heavy (non-hydrogen) atoms. The van der Waals surface area contributed by atoms with E-state index in [2.05, 4.69) is 9.97 Å². The van der Waals surface area contributed by atoms with E-state index in [0.717, 1.165) is 12.8 Å². The summed E-state index contributed by atoms with van der Waals surface area (Å²) >= 11 is 0. The number of rotatable bonds is 5. The molecule has 0 aromatic carbocycles. The summed E-state index contributed by atoms with van der Waals surface area (Å²) < 4.78 is 15.7. The van der Waals surface area contributed by atoms with E-state index >= 15 is 0 Å². The molecular formula is C19H30N4O5. The molecule has 9 nitrogen and oxygen atoms in total. The highest BCUT2D eigenvalue weighted by Gasteiger charge is 2.29. The zero-order valence-electron chi connectivity index (χ0n) is 17.5. The molecule has 0 N–H and O–H groups in total. The van der Waals surface area contributed by atoms with Gasteiger partial charge in [-0.2, -0.15) is 4.98 Å². The number of esters is 1. The van der Waals surface area contributed by atoms with Crippen molar-refractivity contribution in [3.63, 3.8) is 0 Å². The third-order valence-electron chi connectivity index (χ3n) is 4.41. The van der Waals surface area contributed by atoms with Gasteiger partial charge in [-0.05, 0) is 40.5 Å². The van der Waals surface area contributed by atoms with Crippen LogP contribution in [0.1, 0.15) is 50.9 Å². The van der Waals surface area contributed by atoms with E-state index in [-0.39, 0.29) is 30.2 Å². The van der Waals surface area contributed by atoms with Gasteiger partial charge in [-0.15, -0.1) is 0 Å². The van der Waals surface area contributed by atoms with Gasteiger partial charge in [0, 0.05) is 26.2 Å². The topological polar surface area (TPSA) is 94.1 Å². The summed E-state index contributed by atoms with van der Waals surface area (Å²) in [7, 11) is 3.35. The number of carbonyl (C=O) groups is 2. The minimum Gasteiger partial charge on any atom is -0.480 e. The summed E-state index contributed by atoms with van der Waals surface area (Å²) in [4.78, 5) is 36.5. The third kappa shape index (κ3) is 5.46. The Bertz CT molecular complexity index is 696. The molecule has 1 aliphatic rings. The SMILES string of the molecule is CCOC(=O)c1cnc(N(C)C2CCN(C(=O)OC(C)(C)C)CC2)nc1OC. The molecule has 1 fully saturated rings. The number of aromatic nitrogens is 2. The Kier molecular flexibility index (Phi) is 7.04. The summed E-state index contributed by atoms with van der Waals surface area (Å²) in [6.07, 6.45) is 2.67. The number of piperidine rings is 1. The van der Waals surface area contributed by atoms with Crippen LogP contribution in [0.2, 0.25) is 0 Å². The van der Waals surface area contributed by atoms with Crippen LogP contribution in [0.5, 0.6) is 5.88 Å². The number of hydrogen-bond acceptors (Lipinski definition) is 8. The van der Waals surface area contributed by atoms with E-state index in [1.165, 1.54) is 13.3 Å². The maximum atomic E-state index is 12.2. The van der Waals surface area contributed by atoms with E-state index in [1.807, 2.05) is 32.7 Å². The second kappa shape index (κ2) is 9.07. The molecule has 0 atom stereocenters. The normalized spacial score (nSPS) is 15.1. The number of carbonyl (C=O) groups excluding carboxylic acids is 2. The second-order valence-electron chi connectivity index (χ2n) is 7.62. The minimum absolute atomic E-state index is 0.164. The van der Waals surface area contributed by atoms with Crippen LogP contribution in [-0.4, -0.2) is 72.4 Å². The molecular weight excluding hydrogens is 364 g/mol. The van der Waals surface area contributed by atoms with Crippen LogP contribution in [0.3, 0.4) is 0 Å². The van der Waals surface area contributed by atoms with Gasteiger partial charge in [-0.1, -0.05) is 0 Å². The molecule has 1 amide bonds. The molecule has 0 saturated carbocycles. The van der Waals surface area contributed by atoms with Crippen LogP contribution < -0.4 is 9.64 Å². The van der Waals surface area contributed by atoms with Crippen molar-refractivity contribution in [3.05, 3.63) is 11.8 Å². The van der Waals surface area contributed by atoms with E-state index in [9.17, 15) is 9.59 Å². The number of ether oxygens (including phenoxy) is 3. The molecule has 2 rings (SSSR count). The molecule has 2 heterocycles. The summed E-state index contributed by atoms with van der Waals surface area (Å²) in [6, 6.07) is 0.164. The van der Waals surface area contributed by atoms with Crippen molar-refractivity contribution < 1.29 is 23.8 Å². The summed E-state index contributed by atoms with van der Waals surface area (Å²) in [5.74, 6) is 0.126. The molecule has 1 aromatic rings. The Hall–Kier alpha value is -2.58. The first-order valence-corrected chi connectivity index (χ1v) is 9.45. The van der Waals surface area contributed by atoms with Crippen LogP contribution in [0, 0.1) is 0 Å². The van der Waals surface area contributed by atoms with Crippen molar-refractivity contribution >= 4 is 18.0 Å². The zero-order valence-corrected chi connectivity index (χ0v) is 17.5. The van der Waals surface area contributed by atoms with Gasteiger partial charge in [0.15, 0.2) is 0 Å².